The number of nitriles is 1. The summed E-state index contributed by atoms with van der Waals surface area (Å²) in [6.07, 6.45) is 0. The van der Waals surface area contributed by atoms with Gasteiger partial charge in [-0.25, -0.2) is 0 Å². The van der Waals surface area contributed by atoms with Crippen molar-refractivity contribution in [3.63, 3.8) is 0 Å². The fourth-order valence-corrected chi connectivity index (χ4v) is 3.44. The summed E-state index contributed by atoms with van der Waals surface area (Å²) >= 11 is 6.23. The van der Waals surface area contributed by atoms with Crippen LogP contribution in [-0.4, -0.2) is 10.2 Å². The van der Waals surface area contributed by atoms with Gasteiger partial charge in [0, 0.05) is 11.1 Å². The minimum atomic E-state index is 0.0519. The first-order valence-corrected chi connectivity index (χ1v) is 10.1. The van der Waals surface area contributed by atoms with E-state index in [9.17, 15) is 5.26 Å². The van der Waals surface area contributed by atoms with Gasteiger partial charge in [0.1, 0.15) is 17.3 Å². The molecule has 148 valence electrons. The minimum Gasteiger partial charge on any atom is -0.192 e. The van der Waals surface area contributed by atoms with Crippen LogP contribution in [-0.2, 0) is 10.8 Å². The van der Waals surface area contributed by atoms with Crippen LogP contribution in [0.3, 0.4) is 0 Å². The van der Waals surface area contributed by atoms with E-state index >= 15 is 0 Å². The van der Waals surface area contributed by atoms with E-state index in [0.717, 1.165) is 16.7 Å². The number of hydrogen-bond donors (Lipinski definition) is 0. The molecule has 0 spiro atoms. The number of hydrogen-bond acceptors (Lipinski definition) is 3. The van der Waals surface area contributed by atoms with Gasteiger partial charge in [0.05, 0.1) is 0 Å². The summed E-state index contributed by atoms with van der Waals surface area (Å²) < 4.78 is 0. The van der Waals surface area contributed by atoms with Gasteiger partial charge in [0.2, 0.25) is 0 Å². The van der Waals surface area contributed by atoms with Crippen molar-refractivity contribution < 1.29 is 0 Å². The highest BCUT2D eigenvalue weighted by Crippen LogP contribution is 2.37. The molecule has 0 N–H and O–H groups in total. The molecule has 0 aliphatic rings. The zero-order chi connectivity index (χ0) is 21.4. The Morgan fingerprint density at radius 3 is 1.59 bits per heavy atom. The van der Waals surface area contributed by atoms with E-state index in [4.69, 9.17) is 11.6 Å². The van der Waals surface area contributed by atoms with Crippen LogP contribution in [0.15, 0.2) is 48.5 Å². The summed E-state index contributed by atoms with van der Waals surface area (Å²) in [5.74, 6) is 0. The maximum Gasteiger partial charge on any atom is 0.170 e. The maximum atomic E-state index is 9.76. The average Bonchev–Trinajstić information content (AvgIpc) is 2.66. The van der Waals surface area contributed by atoms with Gasteiger partial charge in [0.25, 0.3) is 0 Å². The lowest BCUT2D eigenvalue weighted by molar-refractivity contribution is 0.590. The molecule has 2 aromatic carbocycles. The van der Waals surface area contributed by atoms with Crippen molar-refractivity contribution in [1.29, 1.82) is 5.26 Å². The number of rotatable bonds is 2. The molecule has 0 saturated carbocycles. The first-order chi connectivity index (χ1) is 13.5. The molecule has 0 saturated heterocycles. The van der Waals surface area contributed by atoms with Crippen molar-refractivity contribution in [1.82, 2.24) is 10.2 Å². The van der Waals surface area contributed by atoms with Crippen LogP contribution in [0.25, 0.3) is 22.4 Å². The van der Waals surface area contributed by atoms with Crippen LogP contribution < -0.4 is 0 Å². The number of nitrogens with zero attached hydrogens (tertiary/aromatic N) is 3. The summed E-state index contributed by atoms with van der Waals surface area (Å²) in [6, 6.07) is 18.7. The van der Waals surface area contributed by atoms with Crippen LogP contribution in [0.4, 0.5) is 0 Å². The molecule has 0 unspecified atom stereocenters. The maximum absolute atomic E-state index is 9.76. The second-order valence-electron chi connectivity index (χ2n) is 9.36. The molecule has 0 atom stereocenters. The van der Waals surface area contributed by atoms with Gasteiger partial charge < -0.3 is 0 Å². The summed E-state index contributed by atoms with van der Waals surface area (Å²) in [7, 11) is 0. The van der Waals surface area contributed by atoms with E-state index in [-0.39, 0.29) is 16.0 Å². The van der Waals surface area contributed by atoms with Gasteiger partial charge in [-0.1, -0.05) is 102 Å². The van der Waals surface area contributed by atoms with Crippen LogP contribution in [0.5, 0.6) is 0 Å². The van der Waals surface area contributed by atoms with Crippen LogP contribution in [0, 0.1) is 11.3 Å². The predicted molar refractivity (Wildman–Crippen MR) is 120 cm³/mol. The van der Waals surface area contributed by atoms with E-state index in [0.29, 0.717) is 11.3 Å². The van der Waals surface area contributed by atoms with Crippen molar-refractivity contribution in [3.8, 4) is 28.5 Å². The molecular weight excluding hydrogens is 378 g/mol. The Labute approximate surface area is 178 Å². The molecule has 1 heterocycles. The van der Waals surface area contributed by atoms with Gasteiger partial charge in [-0.3, -0.25) is 0 Å². The summed E-state index contributed by atoms with van der Waals surface area (Å²) in [5.41, 5.74) is 6.12. The van der Waals surface area contributed by atoms with Gasteiger partial charge in [-0.05, 0) is 27.5 Å². The summed E-state index contributed by atoms with van der Waals surface area (Å²) in [4.78, 5) is 0. The Morgan fingerprint density at radius 2 is 1.17 bits per heavy atom. The van der Waals surface area contributed by atoms with Gasteiger partial charge >= 0.3 is 0 Å². The molecular formula is C25H26ClN3. The third-order valence-electron chi connectivity index (χ3n) is 5.11. The van der Waals surface area contributed by atoms with E-state index in [2.05, 4.69) is 82.1 Å². The lowest BCUT2D eigenvalue weighted by Gasteiger charge is -2.20. The van der Waals surface area contributed by atoms with Gasteiger partial charge in [0.15, 0.2) is 5.15 Å². The first-order valence-electron chi connectivity index (χ1n) is 9.70. The zero-order valence-corrected chi connectivity index (χ0v) is 18.6. The predicted octanol–water partition coefficient (Wildman–Crippen LogP) is 6.93. The molecule has 0 bridgehead atoms. The van der Waals surface area contributed by atoms with Crippen LogP contribution in [0.2, 0.25) is 5.15 Å². The molecule has 0 aliphatic carbocycles. The van der Waals surface area contributed by atoms with E-state index in [1.165, 1.54) is 11.1 Å². The van der Waals surface area contributed by atoms with E-state index < -0.39 is 0 Å². The number of aromatic nitrogens is 2. The van der Waals surface area contributed by atoms with Crippen molar-refractivity contribution in [2.75, 3.05) is 0 Å². The third kappa shape index (κ3) is 4.33. The fraction of sp³-hybridized carbons (Fsp3) is 0.320. The molecule has 0 radical (unpaired) electrons. The summed E-state index contributed by atoms with van der Waals surface area (Å²) in [5, 5.41) is 18.3. The second kappa shape index (κ2) is 7.61. The van der Waals surface area contributed by atoms with Crippen molar-refractivity contribution in [2.24, 2.45) is 0 Å². The van der Waals surface area contributed by atoms with Gasteiger partial charge in [-0.2, -0.15) is 5.26 Å². The van der Waals surface area contributed by atoms with Crippen LogP contribution in [0.1, 0.15) is 58.2 Å². The van der Waals surface area contributed by atoms with Crippen molar-refractivity contribution in [2.45, 2.75) is 52.4 Å². The lowest BCUT2D eigenvalue weighted by Crippen LogP contribution is -2.11. The van der Waals surface area contributed by atoms with Crippen molar-refractivity contribution >= 4 is 11.6 Å². The highest BCUT2D eigenvalue weighted by molar-refractivity contribution is 6.31. The van der Waals surface area contributed by atoms with Crippen LogP contribution >= 0.6 is 11.6 Å². The monoisotopic (exact) mass is 403 g/mol. The Kier molecular flexibility index (Phi) is 5.52. The topological polar surface area (TPSA) is 49.6 Å². The zero-order valence-electron chi connectivity index (χ0n) is 17.8. The molecule has 3 nitrogen and oxygen atoms in total. The van der Waals surface area contributed by atoms with Gasteiger partial charge in [-0.15, -0.1) is 10.2 Å². The molecule has 0 fully saturated rings. The quantitative estimate of drug-likeness (QED) is 0.466. The minimum absolute atomic E-state index is 0.0519. The fourth-order valence-electron chi connectivity index (χ4n) is 3.27. The highest BCUT2D eigenvalue weighted by Gasteiger charge is 2.21. The van der Waals surface area contributed by atoms with E-state index in [1.54, 1.807) is 0 Å². The molecule has 3 rings (SSSR count). The molecule has 3 aromatic rings. The Bertz CT molecular complexity index is 1060. The lowest BCUT2D eigenvalue weighted by atomic mass is 9.85. The molecule has 29 heavy (non-hydrogen) atoms. The highest BCUT2D eigenvalue weighted by atomic mass is 35.5. The first kappa shape index (κ1) is 21.0. The summed E-state index contributed by atoms with van der Waals surface area (Å²) in [6.45, 7) is 13.1. The van der Waals surface area contributed by atoms with Crippen molar-refractivity contribution in [3.05, 3.63) is 70.4 Å². The Balaban J connectivity index is 2.19. The molecule has 0 aliphatic heterocycles. The SMILES string of the molecule is CC(C)(C)c1ccc(-c2nnc(Cl)c(C#N)c2-c2ccc(C(C)(C)C)cc2)cc1. The number of halogens is 1. The Morgan fingerprint density at radius 1 is 0.724 bits per heavy atom. The average molecular weight is 404 g/mol. The van der Waals surface area contributed by atoms with E-state index in [1.807, 2.05) is 24.3 Å². The third-order valence-corrected chi connectivity index (χ3v) is 5.37. The normalized spacial score (nSPS) is 11.9. The molecule has 0 amide bonds. The number of benzene rings is 2. The molecule has 1 aromatic heterocycles. The standard InChI is InChI=1S/C25H26ClN3/c1-24(2,3)18-11-7-16(8-12-18)21-20(15-27)23(26)29-28-22(21)17-9-13-19(14-10-17)25(4,5)6/h7-14H,1-6H3. The largest absolute Gasteiger partial charge is 0.192 e. The molecule has 4 heteroatoms. The smallest absolute Gasteiger partial charge is 0.170 e. The Hall–Kier alpha value is -2.70. The second-order valence-corrected chi connectivity index (χ2v) is 9.71.